The molecule has 0 atom stereocenters. The molecule has 4 nitrogen and oxygen atoms in total. The molecule has 0 fully saturated rings. The predicted octanol–water partition coefficient (Wildman–Crippen LogP) is 2.26. The predicted molar refractivity (Wildman–Crippen MR) is 70.9 cm³/mol. The van der Waals surface area contributed by atoms with Crippen LogP contribution in [-0.2, 0) is 11.3 Å². The Labute approximate surface area is 114 Å². The van der Waals surface area contributed by atoms with Crippen molar-refractivity contribution in [3.05, 3.63) is 59.2 Å². The summed E-state index contributed by atoms with van der Waals surface area (Å²) in [5.41, 5.74) is 2.02. The molecule has 20 heavy (non-hydrogen) atoms. The Kier molecular flexibility index (Phi) is 2.82. The third kappa shape index (κ3) is 1.97. The molecule has 3 rings (SSSR count). The number of carbonyl (C=O) groups excluding carboxylic acids is 2. The van der Waals surface area contributed by atoms with Gasteiger partial charge >= 0.3 is 0 Å². The van der Waals surface area contributed by atoms with Gasteiger partial charge in [-0.05, 0) is 37.3 Å². The number of ketones is 1. The molecule has 0 bridgehead atoms. The first-order valence-electron chi connectivity index (χ1n) is 6.14. The maximum absolute atomic E-state index is 13.3. The molecule has 1 aliphatic heterocycles. The molecule has 0 unspecified atom stereocenters. The first-order valence-corrected chi connectivity index (χ1v) is 6.14. The molecule has 2 heterocycles. The first kappa shape index (κ1) is 12.5. The SMILES string of the molecule is Cc1cccc(CN2C(=O)C(=O)c3ccc(F)cc32)n1. The van der Waals surface area contributed by atoms with Crippen LogP contribution in [0.5, 0.6) is 0 Å². The summed E-state index contributed by atoms with van der Waals surface area (Å²) in [5.74, 6) is -1.73. The molecule has 0 saturated heterocycles. The van der Waals surface area contributed by atoms with Crippen molar-refractivity contribution in [2.45, 2.75) is 13.5 Å². The van der Waals surface area contributed by atoms with Crippen molar-refractivity contribution in [2.75, 3.05) is 4.90 Å². The number of halogens is 1. The van der Waals surface area contributed by atoms with Crippen LogP contribution in [-0.4, -0.2) is 16.7 Å². The summed E-state index contributed by atoms with van der Waals surface area (Å²) in [6.45, 7) is 2.00. The highest BCUT2D eigenvalue weighted by molar-refractivity contribution is 6.52. The number of nitrogens with zero attached hydrogens (tertiary/aromatic N) is 2. The van der Waals surface area contributed by atoms with Crippen LogP contribution in [0.15, 0.2) is 36.4 Å². The van der Waals surface area contributed by atoms with E-state index in [2.05, 4.69) is 4.98 Å². The summed E-state index contributed by atoms with van der Waals surface area (Å²) in [5, 5.41) is 0. The minimum absolute atomic E-state index is 0.155. The van der Waals surface area contributed by atoms with Gasteiger partial charge in [-0.25, -0.2) is 4.39 Å². The van der Waals surface area contributed by atoms with Crippen LogP contribution >= 0.6 is 0 Å². The van der Waals surface area contributed by atoms with Crippen LogP contribution in [0.1, 0.15) is 21.7 Å². The summed E-state index contributed by atoms with van der Waals surface area (Å²) in [4.78, 5) is 29.4. The second kappa shape index (κ2) is 4.52. The van der Waals surface area contributed by atoms with Gasteiger partial charge in [0, 0.05) is 5.69 Å². The van der Waals surface area contributed by atoms with Crippen molar-refractivity contribution in [1.29, 1.82) is 0 Å². The first-order chi connectivity index (χ1) is 9.56. The van der Waals surface area contributed by atoms with E-state index in [4.69, 9.17) is 0 Å². The van der Waals surface area contributed by atoms with Gasteiger partial charge < -0.3 is 0 Å². The molecule has 2 aromatic rings. The van der Waals surface area contributed by atoms with E-state index in [1.54, 1.807) is 6.07 Å². The molecule has 1 amide bonds. The van der Waals surface area contributed by atoms with Gasteiger partial charge in [0.05, 0.1) is 23.5 Å². The number of carbonyl (C=O) groups is 2. The Morgan fingerprint density at radius 2 is 2.00 bits per heavy atom. The number of rotatable bonds is 2. The lowest BCUT2D eigenvalue weighted by molar-refractivity contribution is -0.114. The Hall–Kier alpha value is -2.56. The summed E-state index contributed by atoms with van der Waals surface area (Å²) >= 11 is 0. The molecule has 100 valence electrons. The van der Waals surface area contributed by atoms with Crippen LogP contribution in [0.4, 0.5) is 10.1 Å². The molecule has 0 radical (unpaired) electrons. The van der Waals surface area contributed by atoms with E-state index in [0.717, 1.165) is 5.69 Å². The highest BCUT2D eigenvalue weighted by atomic mass is 19.1. The zero-order chi connectivity index (χ0) is 14.3. The molecule has 0 saturated carbocycles. The third-order valence-corrected chi connectivity index (χ3v) is 3.20. The lowest BCUT2D eigenvalue weighted by Gasteiger charge is -2.16. The molecule has 1 aromatic heterocycles. The van der Waals surface area contributed by atoms with E-state index in [-0.39, 0.29) is 12.1 Å². The van der Waals surface area contributed by atoms with Crippen LogP contribution < -0.4 is 4.90 Å². The molecule has 1 aliphatic rings. The van der Waals surface area contributed by atoms with E-state index >= 15 is 0 Å². The van der Waals surface area contributed by atoms with Crippen molar-refractivity contribution in [3.8, 4) is 0 Å². The van der Waals surface area contributed by atoms with Crippen molar-refractivity contribution in [2.24, 2.45) is 0 Å². The van der Waals surface area contributed by atoms with E-state index < -0.39 is 17.5 Å². The van der Waals surface area contributed by atoms with Gasteiger partial charge in [-0.1, -0.05) is 6.07 Å². The highest BCUT2D eigenvalue weighted by Crippen LogP contribution is 2.30. The number of hydrogen-bond donors (Lipinski definition) is 0. The van der Waals surface area contributed by atoms with Gasteiger partial charge in [-0.15, -0.1) is 0 Å². The van der Waals surface area contributed by atoms with Crippen LogP contribution in [0.2, 0.25) is 0 Å². The van der Waals surface area contributed by atoms with Crippen molar-refractivity contribution in [3.63, 3.8) is 0 Å². The summed E-state index contributed by atoms with van der Waals surface area (Å²) < 4.78 is 13.3. The molecular weight excluding hydrogens is 259 g/mol. The fourth-order valence-corrected chi connectivity index (χ4v) is 2.27. The smallest absolute Gasteiger partial charge is 0.299 e. The number of aryl methyl sites for hydroxylation is 1. The van der Waals surface area contributed by atoms with E-state index in [0.29, 0.717) is 11.4 Å². The maximum atomic E-state index is 13.3. The third-order valence-electron chi connectivity index (χ3n) is 3.20. The Balaban J connectivity index is 2.01. The van der Waals surface area contributed by atoms with Crippen LogP contribution in [0.3, 0.4) is 0 Å². The minimum Gasteiger partial charge on any atom is -0.299 e. The second-order valence-corrected chi connectivity index (χ2v) is 4.65. The molecule has 0 spiro atoms. The monoisotopic (exact) mass is 270 g/mol. The number of aromatic nitrogens is 1. The standard InChI is InChI=1S/C15H11FN2O2/c1-9-3-2-4-11(17-9)8-18-13-7-10(16)5-6-12(13)14(19)15(18)20/h2-7H,8H2,1H3. The number of pyridine rings is 1. The van der Waals surface area contributed by atoms with Crippen LogP contribution in [0, 0.1) is 12.7 Å². The average molecular weight is 270 g/mol. The Morgan fingerprint density at radius 3 is 2.75 bits per heavy atom. The number of fused-ring (bicyclic) bond motifs is 1. The van der Waals surface area contributed by atoms with E-state index in [1.807, 2.05) is 19.1 Å². The number of anilines is 1. The zero-order valence-electron chi connectivity index (χ0n) is 10.8. The van der Waals surface area contributed by atoms with Gasteiger partial charge in [-0.3, -0.25) is 19.5 Å². The summed E-state index contributed by atoms with van der Waals surface area (Å²) in [6.07, 6.45) is 0. The summed E-state index contributed by atoms with van der Waals surface area (Å²) in [7, 11) is 0. The van der Waals surface area contributed by atoms with E-state index in [1.165, 1.54) is 23.1 Å². The van der Waals surface area contributed by atoms with Gasteiger partial charge in [-0.2, -0.15) is 0 Å². The lowest BCUT2D eigenvalue weighted by Crippen LogP contribution is -2.29. The fourth-order valence-electron chi connectivity index (χ4n) is 2.27. The molecule has 1 aromatic carbocycles. The lowest BCUT2D eigenvalue weighted by atomic mass is 10.1. The topological polar surface area (TPSA) is 50.3 Å². The van der Waals surface area contributed by atoms with Gasteiger partial charge in [0.15, 0.2) is 0 Å². The second-order valence-electron chi connectivity index (χ2n) is 4.65. The van der Waals surface area contributed by atoms with Crippen molar-refractivity contribution >= 4 is 17.4 Å². The number of hydrogen-bond acceptors (Lipinski definition) is 3. The maximum Gasteiger partial charge on any atom is 0.299 e. The van der Waals surface area contributed by atoms with E-state index in [9.17, 15) is 14.0 Å². The van der Waals surface area contributed by atoms with Gasteiger partial charge in [0.1, 0.15) is 5.82 Å². The van der Waals surface area contributed by atoms with Crippen molar-refractivity contribution < 1.29 is 14.0 Å². The molecule has 0 aliphatic carbocycles. The van der Waals surface area contributed by atoms with Gasteiger partial charge in [0.2, 0.25) is 0 Å². The molecule has 0 N–H and O–H groups in total. The highest BCUT2D eigenvalue weighted by Gasteiger charge is 2.36. The summed E-state index contributed by atoms with van der Waals surface area (Å²) in [6, 6.07) is 9.16. The number of Topliss-reactive ketones (excluding diaryl/α,β-unsaturated/α-hetero) is 1. The fraction of sp³-hybridized carbons (Fsp3) is 0.133. The molecule has 5 heteroatoms. The normalized spacial score (nSPS) is 13.8. The average Bonchev–Trinajstić information content (AvgIpc) is 2.64. The Bertz CT molecular complexity index is 728. The minimum atomic E-state index is -0.645. The van der Waals surface area contributed by atoms with Crippen molar-refractivity contribution in [1.82, 2.24) is 4.98 Å². The van der Waals surface area contributed by atoms with Crippen LogP contribution in [0.25, 0.3) is 0 Å². The van der Waals surface area contributed by atoms with Gasteiger partial charge in [0.25, 0.3) is 11.7 Å². The zero-order valence-corrected chi connectivity index (χ0v) is 10.8. The number of amides is 1. The molecular formula is C15H11FN2O2. The Morgan fingerprint density at radius 1 is 1.20 bits per heavy atom. The quantitative estimate of drug-likeness (QED) is 0.786. The largest absolute Gasteiger partial charge is 0.299 e. The number of benzene rings is 1.